The highest BCUT2D eigenvalue weighted by Gasteiger charge is 2.42. The Morgan fingerprint density at radius 2 is 1.73 bits per heavy atom. The third-order valence-corrected chi connectivity index (χ3v) is 5.11. The summed E-state index contributed by atoms with van der Waals surface area (Å²) in [7, 11) is 0. The topological polar surface area (TPSA) is 106 Å². The molecule has 1 aliphatic rings. The number of hydrogen-bond donors (Lipinski definition) is 3. The summed E-state index contributed by atoms with van der Waals surface area (Å²) in [4.78, 5) is 24.0. The third-order valence-electron chi connectivity index (χ3n) is 5.11. The fourth-order valence-electron chi connectivity index (χ4n) is 3.45. The first-order valence-corrected chi connectivity index (χ1v) is 10.9. The number of hydrogen-bond acceptors (Lipinski definition) is 6. The van der Waals surface area contributed by atoms with Crippen LogP contribution >= 0.6 is 0 Å². The number of carboxylic acid groups (broad SMARTS) is 1. The van der Waals surface area contributed by atoms with E-state index in [1.54, 1.807) is 0 Å². The van der Waals surface area contributed by atoms with Crippen molar-refractivity contribution in [3.05, 3.63) is 65.7 Å². The van der Waals surface area contributed by atoms with Crippen molar-refractivity contribution < 1.29 is 28.9 Å². The van der Waals surface area contributed by atoms with E-state index in [2.05, 4.69) is 10.6 Å². The normalized spacial score (nSPS) is 15.7. The zero-order chi connectivity index (χ0) is 23.9. The number of rotatable bonds is 10. The largest absolute Gasteiger partial charge is 0.488 e. The summed E-state index contributed by atoms with van der Waals surface area (Å²) in [5.74, 6) is -0.240. The van der Waals surface area contributed by atoms with Crippen LogP contribution in [0.5, 0.6) is 5.75 Å². The Hall–Kier alpha value is -3.10. The smallest absolute Gasteiger partial charge is 0.407 e. The number of alkyl carbamates (subject to hydrolysis) is 1. The van der Waals surface area contributed by atoms with Crippen molar-refractivity contribution in [1.29, 1.82) is 0 Å². The Labute approximate surface area is 194 Å². The van der Waals surface area contributed by atoms with Gasteiger partial charge in [0.1, 0.15) is 24.0 Å². The fraction of sp³-hybridized carbons (Fsp3) is 0.440. The van der Waals surface area contributed by atoms with Crippen LogP contribution in [0.15, 0.2) is 54.6 Å². The van der Waals surface area contributed by atoms with Gasteiger partial charge in [-0.1, -0.05) is 42.5 Å². The highest BCUT2D eigenvalue weighted by molar-refractivity contribution is 5.74. The number of benzene rings is 2. The first-order valence-electron chi connectivity index (χ1n) is 10.9. The minimum absolute atomic E-state index is 0.163. The number of ether oxygens (including phenoxy) is 3. The van der Waals surface area contributed by atoms with Gasteiger partial charge in [-0.15, -0.1) is 0 Å². The summed E-state index contributed by atoms with van der Waals surface area (Å²) < 4.78 is 16.4. The van der Waals surface area contributed by atoms with Crippen LogP contribution in [0.25, 0.3) is 0 Å². The zero-order valence-corrected chi connectivity index (χ0v) is 19.3. The second-order valence-electron chi connectivity index (χ2n) is 9.29. The van der Waals surface area contributed by atoms with Gasteiger partial charge in [0.2, 0.25) is 0 Å². The number of nitrogens with one attached hydrogen (secondary N) is 2. The summed E-state index contributed by atoms with van der Waals surface area (Å²) in [5.41, 5.74) is 0.780. The molecule has 8 nitrogen and oxygen atoms in total. The van der Waals surface area contributed by atoms with E-state index in [-0.39, 0.29) is 25.2 Å². The molecule has 1 amide bonds. The van der Waals surface area contributed by atoms with Crippen LogP contribution in [-0.4, -0.2) is 54.1 Å². The molecular weight excluding hydrogens is 424 g/mol. The maximum Gasteiger partial charge on any atom is 0.407 e. The van der Waals surface area contributed by atoms with E-state index in [9.17, 15) is 14.7 Å². The molecule has 0 aromatic heterocycles. The summed E-state index contributed by atoms with van der Waals surface area (Å²) in [6.45, 7) is 6.87. The molecular formula is C25H32N2O6. The van der Waals surface area contributed by atoms with Crippen LogP contribution in [0.3, 0.4) is 0 Å². The minimum atomic E-state index is -0.969. The molecule has 0 aliphatic carbocycles. The van der Waals surface area contributed by atoms with E-state index in [4.69, 9.17) is 14.2 Å². The zero-order valence-electron chi connectivity index (χ0n) is 19.3. The predicted molar refractivity (Wildman–Crippen MR) is 123 cm³/mol. The molecule has 178 valence electrons. The minimum Gasteiger partial charge on any atom is -0.488 e. The molecule has 0 unspecified atom stereocenters. The molecule has 1 fully saturated rings. The lowest BCUT2D eigenvalue weighted by Crippen LogP contribution is -2.69. The molecule has 2 aromatic carbocycles. The van der Waals surface area contributed by atoms with Crippen molar-refractivity contribution in [2.24, 2.45) is 0 Å². The predicted octanol–water partition coefficient (Wildman–Crippen LogP) is 3.14. The standard InChI is InChI=1S/C25H32N2O6/c1-24(2,3)33-20-11-9-18(10-12-20)13-21(22(28)29)27-25(16-31-17-25)15-26-23(30)32-14-19-7-5-4-6-8-19/h4-12,21,27H,13-17H2,1-3H3,(H,26,30)(H,28,29)/t21-/m0/s1. The monoisotopic (exact) mass is 456 g/mol. The van der Waals surface area contributed by atoms with Gasteiger partial charge in [-0.05, 0) is 50.5 Å². The van der Waals surface area contributed by atoms with Crippen molar-refractivity contribution in [3.8, 4) is 5.75 Å². The molecule has 1 atom stereocenters. The van der Waals surface area contributed by atoms with E-state index < -0.39 is 23.6 Å². The third kappa shape index (κ3) is 7.76. The molecule has 3 N–H and O–H groups in total. The van der Waals surface area contributed by atoms with Gasteiger partial charge < -0.3 is 24.6 Å². The number of amides is 1. The molecule has 8 heteroatoms. The molecule has 1 aliphatic heterocycles. The molecule has 1 heterocycles. The van der Waals surface area contributed by atoms with E-state index in [0.717, 1.165) is 16.9 Å². The van der Waals surface area contributed by atoms with Gasteiger partial charge in [0.05, 0.1) is 18.8 Å². The highest BCUT2D eigenvalue weighted by atomic mass is 16.5. The van der Waals surface area contributed by atoms with Crippen LogP contribution in [0.2, 0.25) is 0 Å². The second-order valence-corrected chi connectivity index (χ2v) is 9.29. The summed E-state index contributed by atoms with van der Waals surface area (Å²) in [6.07, 6.45) is -0.279. The first-order chi connectivity index (χ1) is 15.6. The van der Waals surface area contributed by atoms with Crippen LogP contribution in [0.4, 0.5) is 4.79 Å². The Morgan fingerprint density at radius 3 is 2.27 bits per heavy atom. The van der Waals surface area contributed by atoms with E-state index >= 15 is 0 Å². The molecule has 1 saturated heterocycles. The number of carbonyl (C=O) groups excluding carboxylic acids is 1. The maximum atomic E-state index is 12.1. The first kappa shape index (κ1) is 24.5. The Bertz CT molecular complexity index is 920. The van der Waals surface area contributed by atoms with Gasteiger partial charge in [0.15, 0.2) is 0 Å². The summed E-state index contributed by atoms with van der Waals surface area (Å²) in [6, 6.07) is 15.9. The quantitative estimate of drug-likeness (QED) is 0.504. The number of carboxylic acids is 1. The van der Waals surface area contributed by atoms with Crippen LogP contribution < -0.4 is 15.4 Å². The SMILES string of the molecule is CC(C)(C)Oc1ccc(C[C@H](NC2(CNC(=O)OCc3ccccc3)COC2)C(=O)O)cc1. The molecule has 0 bridgehead atoms. The van der Waals surface area contributed by atoms with Crippen molar-refractivity contribution in [2.75, 3.05) is 19.8 Å². The van der Waals surface area contributed by atoms with Crippen molar-refractivity contribution in [1.82, 2.24) is 10.6 Å². The van der Waals surface area contributed by atoms with Crippen molar-refractivity contribution in [3.63, 3.8) is 0 Å². The fourth-order valence-corrected chi connectivity index (χ4v) is 3.45. The molecule has 3 rings (SSSR count). The average molecular weight is 457 g/mol. The van der Waals surface area contributed by atoms with E-state index in [1.807, 2.05) is 75.4 Å². The van der Waals surface area contributed by atoms with E-state index in [0.29, 0.717) is 13.2 Å². The van der Waals surface area contributed by atoms with Gasteiger partial charge in [-0.3, -0.25) is 10.1 Å². The van der Waals surface area contributed by atoms with Gasteiger partial charge in [0, 0.05) is 6.54 Å². The van der Waals surface area contributed by atoms with Gasteiger partial charge in [-0.25, -0.2) is 4.79 Å². The van der Waals surface area contributed by atoms with Crippen LogP contribution in [0, 0.1) is 0 Å². The van der Waals surface area contributed by atoms with Gasteiger partial charge >= 0.3 is 12.1 Å². The van der Waals surface area contributed by atoms with Crippen LogP contribution in [0.1, 0.15) is 31.9 Å². The Balaban J connectivity index is 1.53. The van der Waals surface area contributed by atoms with Gasteiger partial charge in [0.25, 0.3) is 0 Å². The maximum absolute atomic E-state index is 12.1. The Morgan fingerprint density at radius 1 is 1.06 bits per heavy atom. The second kappa shape index (κ2) is 10.7. The summed E-state index contributed by atoms with van der Waals surface area (Å²) >= 11 is 0. The summed E-state index contributed by atoms with van der Waals surface area (Å²) in [5, 5.41) is 15.7. The van der Waals surface area contributed by atoms with Crippen LogP contribution in [-0.2, 0) is 27.3 Å². The van der Waals surface area contributed by atoms with Gasteiger partial charge in [-0.2, -0.15) is 0 Å². The Kier molecular flexibility index (Phi) is 7.94. The molecule has 33 heavy (non-hydrogen) atoms. The average Bonchev–Trinajstić information content (AvgIpc) is 2.74. The molecule has 2 aromatic rings. The number of aliphatic carboxylic acids is 1. The molecule has 0 radical (unpaired) electrons. The lowest BCUT2D eigenvalue weighted by Gasteiger charge is -2.43. The van der Waals surface area contributed by atoms with E-state index in [1.165, 1.54) is 0 Å². The number of carbonyl (C=O) groups is 2. The highest BCUT2D eigenvalue weighted by Crippen LogP contribution is 2.21. The lowest BCUT2D eigenvalue weighted by molar-refractivity contribution is -0.143. The lowest BCUT2D eigenvalue weighted by atomic mass is 9.94. The molecule has 0 spiro atoms. The van der Waals surface area contributed by atoms with Crippen molar-refractivity contribution >= 4 is 12.1 Å². The molecule has 0 saturated carbocycles. The van der Waals surface area contributed by atoms with Crippen molar-refractivity contribution in [2.45, 2.75) is 51.0 Å².